The minimum absolute atomic E-state index is 0.820. The number of nitrogens with one attached hydrogen (secondary N) is 1. The fourth-order valence-electron chi connectivity index (χ4n) is 2.74. The molecule has 3 nitrogen and oxygen atoms in total. The van der Waals surface area contributed by atoms with Crippen LogP contribution in [-0.4, -0.2) is 55.1 Å². The minimum Gasteiger partial charge on any atom is -0.314 e. The van der Waals surface area contributed by atoms with Gasteiger partial charge in [-0.3, -0.25) is 9.80 Å². The van der Waals surface area contributed by atoms with Gasteiger partial charge in [0.2, 0.25) is 0 Å². The first-order valence-electron chi connectivity index (χ1n) is 7.10. The van der Waals surface area contributed by atoms with Gasteiger partial charge < -0.3 is 5.32 Å². The summed E-state index contributed by atoms with van der Waals surface area (Å²) >= 11 is 1.98. The average Bonchev–Trinajstić information content (AvgIpc) is 2.77. The normalized spacial score (nSPS) is 23.2. The Kier molecular flexibility index (Phi) is 3.99. The average molecular weight is 265 g/mol. The largest absolute Gasteiger partial charge is 0.314 e. The van der Waals surface area contributed by atoms with Crippen molar-refractivity contribution in [1.82, 2.24) is 15.1 Å². The number of rotatable bonds is 4. The van der Waals surface area contributed by atoms with E-state index in [4.69, 9.17) is 0 Å². The Morgan fingerprint density at radius 2 is 1.89 bits per heavy atom. The van der Waals surface area contributed by atoms with E-state index in [-0.39, 0.29) is 0 Å². The van der Waals surface area contributed by atoms with Crippen molar-refractivity contribution in [2.24, 2.45) is 0 Å². The van der Waals surface area contributed by atoms with Crippen LogP contribution < -0.4 is 5.32 Å². The van der Waals surface area contributed by atoms with Crippen LogP contribution in [0.5, 0.6) is 0 Å². The molecule has 0 unspecified atom stereocenters. The molecule has 1 N–H and O–H groups in total. The van der Waals surface area contributed by atoms with Crippen LogP contribution in [0, 0.1) is 0 Å². The van der Waals surface area contributed by atoms with Crippen molar-refractivity contribution in [3.8, 4) is 0 Å². The van der Waals surface area contributed by atoms with Gasteiger partial charge in [0.05, 0.1) is 0 Å². The highest BCUT2D eigenvalue weighted by Crippen LogP contribution is 2.20. The lowest BCUT2D eigenvalue weighted by molar-refractivity contribution is 0.0700. The fraction of sp³-hybridized carbons (Fsp3) is 0.714. The molecule has 0 aromatic carbocycles. The molecule has 0 spiro atoms. The number of nitrogens with zero attached hydrogens (tertiary/aromatic N) is 2. The van der Waals surface area contributed by atoms with Gasteiger partial charge in [-0.25, -0.2) is 0 Å². The summed E-state index contributed by atoms with van der Waals surface area (Å²) < 4.78 is 0. The zero-order chi connectivity index (χ0) is 12.4. The van der Waals surface area contributed by atoms with E-state index in [1.807, 2.05) is 11.3 Å². The van der Waals surface area contributed by atoms with Gasteiger partial charge in [0, 0.05) is 61.6 Å². The summed E-state index contributed by atoms with van der Waals surface area (Å²) in [5.74, 6) is 0. The van der Waals surface area contributed by atoms with E-state index in [2.05, 4.69) is 34.2 Å². The third-order valence-electron chi connectivity index (χ3n) is 4.13. The second kappa shape index (κ2) is 5.70. The van der Waals surface area contributed by atoms with E-state index in [1.54, 1.807) is 0 Å². The molecule has 0 amide bonds. The quantitative estimate of drug-likeness (QED) is 0.888. The molecule has 3 rings (SSSR count). The minimum atomic E-state index is 0.820. The van der Waals surface area contributed by atoms with Gasteiger partial charge in [-0.2, -0.15) is 0 Å². The Hall–Kier alpha value is -0.420. The third-order valence-corrected chi connectivity index (χ3v) is 5.34. The Labute approximate surface area is 114 Å². The molecule has 4 heteroatoms. The first kappa shape index (κ1) is 12.6. The van der Waals surface area contributed by atoms with E-state index in [9.17, 15) is 0 Å². The van der Waals surface area contributed by atoms with Crippen molar-refractivity contribution in [2.75, 3.05) is 39.3 Å². The number of thiophene rings is 1. The van der Waals surface area contributed by atoms with E-state index in [0.717, 1.165) is 12.6 Å². The van der Waals surface area contributed by atoms with Crippen molar-refractivity contribution < 1.29 is 0 Å². The molecule has 0 aliphatic carbocycles. The standard InChI is InChI=1S/C14H23N3S/c1-2-13-3-4-14(18-13)11-16-5-7-17(8-6-16)12-9-15-10-12/h3-4,12,15H,2,5-11H2,1H3. The van der Waals surface area contributed by atoms with Gasteiger partial charge in [0.15, 0.2) is 0 Å². The maximum Gasteiger partial charge on any atom is 0.0346 e. The van der Waals surface area contributed by atoms with Crippen LogP contribution in [0.25, 0.3) is 0 Å². The number of hydrogen-bond donors (Lipinski definition) is 1. The highest BCUT2D eigenvalue weighted by atomic mass is 32.1. The topological polar surface area (TPSA) is 18.5 Å². The molecule has 0 radical (unpaired) electrons. The second-order valence-corrected chi connectivity index (χ2v) is 6.60. The first-order chi connectivity index (χ1) is 8.85. The Balaban J connectivity index is 1.47. The summed E-state index contributed by atoms with van der Waals surface area (Å²) in [7, 11) is 0. The lowest BCUT2D eigenvalue weighted by Gasteiger charge is -2.43. The molecule has 1 aromatic heterocycles. The Morgan fingerprint density at radius 1 is 1.17 bits per heavy atom. The van der Waals surface area contributed by atoms with Crippen LogP contribution in [0.15, 0.2) is 12.1 Å². The van der Waals surface area contributed by atoms with Crippen LogP contribution in [0.2, 0.25) is 0 Å². The summed E-state index contributed by atoms with van der Waals surface area (Å²) in [6, 6.07) is 5.42. The monoisotopic (exact) mass is 265 g/mol. The molecule has 2 aliphatic heterocycles. The van der Waals surface area contributed by atoms with Crippen molar-refractivity contribution >= 4 is 11.3 Å². The summed E-state index contributed by atoms with van der Waals surface area (Å²) in [4.78, 5) is 8.31. The molecule has 18 heavy (non-hydrogen) atoms. The molecule has 2 saturated heterocycles. The summed E-state index contributed by atoms with van der Waals surface area (Å²) in [6.45, 7) is 10.8. The zero-order valence-electron chi connectivity index (χ0n) is 11.2. The van der Waals surface area contributed by atoms with Crippen LogP contribution in [-0.2, 0) is 13.0 Å². The van der Waals surface area contributed by atoms with Gasteiger partial charge >= 0.3 is 0 Å². The van der Waals surface area contributed by atoms with Crippen molar-refractivity contribution in [1.29, 1.82) is 0 Å². The SMILES string of the molecule is CCc1ccc(CN2CCN(C3CNC3)CC2)s1. The molecule has 2 aliphatic rings. The van der Waals surface area contributed by atoms with E-state index >= 15 is 0 Å². The molecule has 0 bridgehead atoms. The van der Waals surface area contributed by atoms with Crippen LogP contribution in [0.1, 0.15) is 16.7 Å². The molecule has 1 aromatic rings. The van der Waals surface area contributed by atoms with E-state index < -0.39 is 0 Å². The molecule has 0 saturated carbocycles. The van der Waals surface area contributed by atoms with Crippen molar-refractivity contribution in [3.63, 3.8) is 0 Å². The lowest BCUT2D eigenvalue weighted by atomic mass is 10.1. The predicted octanol–water partition coefficient (Wildman–Crippen LogP) is 1.40. The molecule has 100 valence electrons. The Bertz CT molecular complexity index is 378. The predicted molar refractivity (Wildman–Crippen MR) is 77.2 cm³/mol. The van der Waals surface area contributed by atoms with Gasteiger partial charge in [0.25, 0.3) is 0 Å². The maximum atomic E-state index is 3.37. The number of piperazine rings is 1. The van der Waals surface area contributed by atoms with Crippen LogP contribution >= 0.6 is 11.3 Å². The van der Waals surface area contributed by atoms with E-state index in [1.165, 1.54) is 55.4 Å². The third kappa shape index (κ3) is 2.77. The van der Waals surface area contributed by atoms with Crippen LogP contribution in [0.3, 0.4) is 0 Å². The summed E-state index contributed by atoms with van der Waals surface area (Å²) in [6.07, 6.45) is 1.17. The van der Waals surface area contributed by atoms with E-state index in [0.29, 0.717) is 0 Å². The van der Waals surface area contributed by atoms with Crippen molar-refractivity contribution in [3.05, 3.63) is 21.9 Å². The Morgan fingerprint density at radius 3 is 2.44 bits per heavy atom. The van der Waals surface area contributed by atoms with Gasteiger partial charge in [0.1, 0.15) is 0 Å². The van der Waals surface area contributed by atoms with Gasteiger partial charge in [-0.05, 0) is 18.6 Å². The van der Waals surface area contributed by atoms with Crippen LogP contribution in [0.4, 0.5) is 0 Å². The zero-order valence-corrected chi connectivity index (χ0v) is 12.0. The van der Waals surface area contributed by atoms with Crippen molar-refractivity contribution in [2.45, 2.75) is 25.9 Å². The highest BCUT2D eigenvalue weighted by Gasteiger charge is 2.27. The molecular weight excluding hydrogens is 242 g/mol. The molecular formula is C14H23N3S. The fourth-order valence-corrected chi connectivity index (χ4v) is 3.74. The number of aryl methyl sites for hydroxylation is 1. The summed E-state index contributed by atoms with van der Waals surface area (Å²) in [5, 5.41) is 3.37. The molecule has 2 fully saturated rings. The van der Waals surface area contributed by atoms with Gasteiger partial charge in [-0.15, -0.1) is 11.3 Å². The van der Waals surface area contributed by atoms with Gasteiger partial charge in [-0.1, -0.05) is 6.92 Å². The lowest BCUT2D eigenvalue weighted by Crippen LogP contribution is -2.61. The summed E-state index contributed by atoms with van der Waals surface area (Å²) in [5.41, 5.74) is 0. The smallest absolute Gasteiger partial charge is 0.0346 e. The first-order valence-corrected chi connectivity index (χ1v) is 7.91. The number of hydrogen-bond acceptors (Lipinski definition) is 4. The molecule has 3 heterocycles. The molecule has 0 atom stereocenters. The maximum absolute atomic E-state index is 3.37. The second-order valence-electron chi connectivity index (χ2n) is 5.35. The highest BCUT2D eigenvalue weighted by molar-refractivity contribution is 7.11.